The Hall–Kier alpha value is -3.20. The highest BCUT2D eigenvalue weighted by molar-refractivity contribution is 6.39. The second-order valence-electron chi connectivity index (χ2n) is 7.39. The molecule has 2 atom stereocenters. The molecule has 4 N–H and O–H groups in total. The summed E-state index contributed by atoms with van der Waals surface area (Å²) in [5, 5.41) is 15.7. The summed E-state index contributed by atoms with van der Waals surface area (Å²) >= 11 is 0. The van der Waals surface area contributed by atoms with Crippen LogP contribution in [0.25, 0.3) is 0 Å². The number of nitrogens with one attached hydrogen (secondary N) is 4. The molecule has 0 aliphatic carbocycles. The van der Waals surface area contributed by atoms with Crippen LogP contribution in [-0.2, 0) is 20.8 Å². The molecule has 1 fully saturated rings. The summed E-state index contributed by atoms with van der Waals surface area (Å²) in [7, 11) is 0. The maximum absolute atomic E-state index is 12.4. The topological polar surface area (TPSA) is 117 Å². The second kappa shape index (κ2) is 10.0. The van der Waals surface area contributed by atoms with Crippen LogP contribution in [0.1, 0.15) is 43.7 Å². The Morgan fingerprint density at radius 3 is 2.73 bits per heavy atom. The van der Waals surface area contributed by atoms with Crippen LogP contribution in [0.2, 0.25) is 0 Å². The minimum Gasteiger partial charge on any atom is -0.347 e. The molecule has 3 amide bonds. The molecule has 9 heteroatoms. The van der Waals surface area contributed by atoms with Gasteiger partial charge < -0.3 is 16.0 Å². The van der Waals surface area contributed by atoms with Crippen molar-refractivity contribution < 1.29 is 14.4 Å². The third-order valence-electron chi connectivity index (χ3n) is 4.85. The third kappa shape index (κ3) is 5.66. The third-order valence-corrected chi connectivity index (χ3v) is 4.85. The summed E-state index contributed by atoms with van der Waals surface area (Å²) < 4.78 is 1.49. The van der Waals surface area contributed by atoms with Crippen molar-refractivity contribution in [1.29, 1.82) is 0 Å². The van der Waals surface area contributed by atoms with Crippen LogP contribution in [-0.4, -0.2) is 40.1 Å². The standard InChI is InChI=1S/C21H28N6O3/c1-3-7-16-13-18(28)25-21(23-16)27-17(12-14(2)26-27)24-20(30)19(29)22-11-10-15-8-5-4-6-9-15/h4-6,8-9,12,16,21,23H,3,7,10-11,13H2,1-2H3,(H,22,29)(H,24,30)(H,25,28). The fourth-order valence-electron chi connectivity index (χ4n) is 3.45. The SMILES string of the molecule is CCCC1CC(=O)NC(n2nc(C)cc2NC(=O)C(=O)NCCc2ccccc2)N1. The van der Waals surface area contributed by atoms with E-state index in [1.54, 1.807) is 13.0 Å². The van der Waals surface area contributed by atoms with Crippen LogP contribution in [0, 0.1) is 6.92 Å². The average Bonchev–Trinajstić information content (AvgIpc) is 3.08. The first-order valence-electron chi connectivity index (χ1n) is 10.2. The maximum atomic E-state index is 12.4. The lowest BCUT2D eigenvalue weighted by Gasteiger charge is -2.32. The maximum Gasteiger partial charge on any atom is 0.314 e. The minimum atomic E-state index is -0.781. The first kappa shape index (κ1) is 21.5. The largest absolute Gasteiger partial charge is 0.347 e. The smallest absolute Gasteiger partial charge is 0.314 e. The summed E-state index contributed by atoms with van der Waals surface area (Å²) in [6.45, 7) is 4.19. The van der Waals surface area contributed by atoms with Gasteiger partial charge in [0.2, 0.25) is 5.91 Å². The lowest BCUT2D eigenvalue weighted by molar-refractivity contribution is -0.136. The van der Waals surface area contributed by atoms with E-state index in [1.807, 2.05) is 30.3 Å². The fourth-order valence-corrected chi connectivity index (χ4v) is 3.45. The summed E-state index contributed by atoms with van der Waals surface area (Å²) in [5.41, 5.74) is 1.73. The molecular weight excluding hydrogens is 384 g/mol. The van der Waals surface area contributed by atoms with Crippen LogP contribution >= 0.6 is 0 Å². The van der Waals surface area contributed by atoms with Gasteiger partial charge in [-0.25, -0.2) is 4.68 Å². The van der Waals surface area contributed by atoms with Crippen LogP contribution in [0.3, 0.4) is 0 Å². The van der Waals surface area contributed by atoms with E-state index in [-0.39, 0.29) is 11.9 Å². The molecule has 2 unspecified atom stereocenters. The van der Waals surface area contributed by atoms with Crippen molar-refractivity contribution in [2.75, 3.05) is 11.9 Å². The number of benzene rings is 1. The molecule has 1 aromatic carbocycles. The number of carbonyl (C=O) groups excluding carboxylic acids is 3. The molecule has 1 aromatic heterocycles. The zero-order chi connectivity index (χ0) is 21.5. The monoisotopic (exact) mass is 412 g/mol. The quantitative estimate of drug-likeness (QED) is 0.510. The Morgan fingerprint density at radius 1 is 1.23 bits per heavy atom. The molecule has 3 rings (SSSR count). The highest BCUT2D eigenvalue weighted by atomic mass is 16.2. The van der Waals surface area contributed by atoms with Crippen LogP contribution < -0.4 is 21.3 Å². The number of carbonyl (C=O) groups is 3. The van der Waals surface area contributed by atoms with Gasteiger partial charge in [0.25, 0.3) is 0 Å². The predicted octanol–water partition coefficient (Wildman–Crippen LogP) is 1.22. The lowest BCUT2D eigenvalue weighted by atomic mass is 10.1. The number of amides is 3. The summed E-state index contributed by atoms with van der Waals surface area (Å²) in [5.74, 6) is -1.25. The first-order chi connectivity index (χ1) is 14.5. The van der Waals surface area contributed by atoms with Gasteiger partial charge in [-0.3, -0.25) is 19.7 Å². The van der Waals surface area contributed by atoms with E-state index in [9.17, 15) is 14.4 Å². The van der Waals surface area contributed by atoms with Crippen molar-refractivity contribution in [2.24, 2.45) is 0 Å². The summed E-state index contributed by atoms with van der Waals surface area (Å²) in [6, 6.07) is 11.4. The van der Waals surface area contributed by atoms with Gasteiger partial charge in [-0.05, 0) is 25.3 Å². The molecule has 0 bridgehead atoms. The molecule has 2 aromatic rings. The number of nitrogens with zero attached hydrogens (tertiary/aromatic N) is 2. The van der Waals surface area contributed by atoms with Gasteiger partial charge in [-0.2, -0.15) is 5.10 Å². The molecule has 0 spiro atoms. The molecule has 30 heavy (non-hydrogen) atoms. The van der Waals surface area contributed by atoms with Crippen molar-refractivity contribution >= 4 is 23.5 Å². The van der Waals surface area contributed by atoms with Gasteiger partial charge in [-0.1, -0.05) is 43.7 Å². The normalized spacial score (nSPS) is 18.5. The van der Waals surface area contributed by atoms with Gasteiger partial charge in [0, 0.05) is 25.1 Å². The number of hydrogen-bond acceptors (Lipinski definition) is 5. The van der Waals surface area contributed by atoms with E-state index in [1.165, 1.54) is 4.68 Å². The zero-order valence-electron chi connectivity index (χ0n) is 17.3. The molecule has 0 radical (unpaired) electrons. The Labute approximate surface area is 175 Å². The van der Waals surface area contributed by atoms with Crippen molar-refractivity contribution in [2.45, 2.75) is 51.9 Å². The Balaban J connectivity index is 1.60. The minimum absolute atomic E-state index is 0.0306. The lowest BCUT2D eigenvalue weighted by Crippen LogP contribution is -2.53. The second-order valence-corrected chi connectivity index (χ2v) is 7.39. The molecule has 1 saturated heterocycles. The van der Waals surface area contributed by atoms with Crippen molar-refractivity contribution in [3.8, 4) is 0 Å². The van der Waals surface area contributed by atoms with Crippen LogP contribution in [0.5, 0.6) is 0 Å². The number of aryl methyl sites for hydroxylation is 1. The molecule has 160 valence electrons. The average molecular weight is 412 g/mol. The van der Waals surface area contributed by atoms with E-state index in [2.05, 4.69) is 33.3 Å². The van der Waals surface area contributed by atoms with Crippen molar-refractivity contribution in [3.05, 3.63) is 47.7 Å². The molecule has 0 saturated carbocycles. The number of anilines is 1. The summed E-state index contributed by atoms with van der Waals surface area (Å²) in [6.07, 6.45) is 2.25. The number of rotatable bonds is 7. The van der Waals surface area contributed by atoms with E-state index < -0.39 is 18.1 Å². The summed E-state index contributed by atoms with van der Waals surface area (Å²) in [4.78, 5) is 36.6. The fraction of sp³-hybridized carbons (Fsp3) is 0.429. The van der Waals surface area contributed by atoms with Gasteiger partial charge in [0.05, 0.1) is 5.69 Å². The predicted molar refractivity (Wildman–Crippen MR) is 112 cm³/mol. The highest BCUT2D eigenvalue weighted by Gasteiger charge is 2.29. The highest BCUT2D eigenvalue weighted by Crippen LogP contribution is 2.18. The molecule has 2 heterocycles. The van der Waals surface area contributed by atoms with Crippen molar-refractivity contribution in [3.63, 3.8) is 0 Å². The molecular formula is C21H28N6O3. The Morgan fingerprint density at radius 2 is 2.00 bits per heavy atom. The van der Waals surface area contributed by atoms with Gasteiger partial charge in [0.15, 0.2) is 6.29 Å². The molecule has 1 aliphatic rings. The van der Waals surface area contributed by atoms with Crippen LogP contribution in [0.15, 0.2) is 36.4 Å². The molecule has 9 nitrogen and oxygen atoms in total. The molecule has 1 aliphatic heterocycles. The number of aromatic nitrogens is 2. The van der Waals surface area contributed by atoms with Crippen molar-refractivity contribution in [1.82, 2.24) is 25.7 Å². The first-order valence-corrected chi connectivity index (χ1v) is 10.2. The Kier molecular flexibility index (Phi) is 7.18. The van der Waals surface area contributed by atoms with E-state index in [0.717, 1.165) is 18.4 Å². The van der Waals surface area contributed by atoms with Gasteiger partial charge in [-0.15, -0.1) is 0 Å². The van der Waals surface area contributed by atoms with E-state index in [0.29, 0.717) is 30.9 Å². The van der Waals surface area contributed by atoms with Gasteiger partial charge >= 0.3 is 11.8 Å². The van der Waals surface area contributed by atoms with Gasteiger partial charge in [0.1, 0.15) is 5.82 Å². The van der Waals surface area contributed by atoms with Crippen LogP contribution in [0.4, 0.5) is 5.82 Å². The zero-order valence-corrected chi connectivity index (χ0v) is 17.3. The number of hydrogen-bond donors (Lipinski definition) is 4. The van der Waals surface area contributed by atoms with E-state index in [4.69, 9.17) is 0 Å². The van der Waals surface area contributed by atoms with E-state index >= 15 is 0 Å². The Bertz CT molecular complexity index is 895.